The Labute approximate surface area is 165 Å². The lowest BCUT2D eigenvalue weighted by molar-refractivity contribution is 0.0793. The summed E-state index contributed by atoms with van der Waals surface area (Å²) in [4.78, 5) is 16.5. The van der Waals surface area contributed by atoms with Gasteiger partial charge in [0, 0.05) is 25.7 Å². The maximum atomic E-state index is 12.7. The van der Waals surface area contributed by atoms with Crippen molar-refractivity contribution >= 4 is 15.9 Å². The van der Waals surface area contributed by atoms with Crippen LogP contribution >= 0.6 is 0 Å². The second-order valence-corrected chi connectivity index (χ2v) is 8.98. The number of sulfonamides is 1. The average molecular weight is 410 g/mol. The third kappa shape index (κ3) is 4.45. The summed E-state index contributed by atoms with van der Waals surface area (Å²) in [6.45, 7) is 4.15. The molecule has 1 fully saturated rings. The first-order valence-corrected chi connectivity index (χ1v) is 10.9. The molecule has 28 heavy (non-hydrogen) atoms. The van der Waals surface area contributed by atoms with Gasteiger partial charge in [-0.1, -0.05) is 0 Å². The van der Waals surface area contributed by atoms with E-state index in [4.69, 9.17) is 4.42 Å². The number of amides is 1. The number of aromatic amines is 1. The Morgan fingerprint density at radius 2 is 2.07 bits per heavy atom. The van der Waals surface area contributed by atoms with Crippen LogP contribution < -0.4 is 4.72 Å². The van der Waals surface area contributed by atoms with Gasteiger partial charge in [-0.05, 0) is 46.8 Å². The topological polar surface area (TPSA) is 112 Å². The highest BCUT2D eigenvalue weighted by atomic mass is 32.2. The average Bonchev–Trinajstić information content (AvgIpc) is 3.37. The van der Waals surface area contributed by atoms with Crippen molar-refractivity contribution in [2.45, 2.75) is 31.1 Å². The molecule has 3 rings (SSSR count). The van der Waals surface area contributed by atoms with Crippen LogP contribution in [-0.2, 0) is 10.0 Å². The molecule has 1 saturated heterocycles. The molecule has 0 aromatic carbocycles. The number of aryl methyl sites for hydroxylation is 1. The molecule has 0 bridgehead atoms. The Hall–Kier alpha value is -2.17. The summed E-state index contributed by atoms with van der Waals surface area (Å²) in [6.07, 6.45) is 4.13. The number of aromatic nitrogens is 2. The highest BCUT2D eigenvalue weighted by Crippen LogP contribution is 2.30. The molecule has 0 spiro atoms. The predicted octanol–water partition coefficient (Wildman–Crippen LogP) is 1.44. The summed E-state index contributed by atoms with van der Waals surface area (Å²) < 4.78 is 33.5. The third-order valence-electron chi connectivity index (χ3n) is 4.75. The van der Waals surface area contributed by atoms with Crippen LogP contribution in [0.4, 0.5) is 0 Å². The maximum absolute atomic E-state index is 12.7. The molecule has 9 nitrogen and oxygen atoms in total. The maximum Gasteiger partial charge on any atom is 0.257 e. The van der Waals surface area contributed by atoms with E-state index in [0.717, 1.165) is 32.5 Å². The van der Waals surface area contributed by atoms with Gasteiger partial charge in [-0.2, -0.15) is 5.10 Å². The number of hydrogen-bond acceptors (Lipinski definition) is 6. The Kier molecular flexibility index (Phi) is 6.21. The summed E-state index contributed by atoms with van der Waals surface area (Å²) in [7, 11) is 0.174. The zero-order chi connectivity index (χ0) is 20.3. The van der Waals surface area contributed by atoms with E-state index >= 15 is 0 Å². The van der Waals surface area contributed by atoms with Gasteiger partial charge in [0.2, 0.25) is 10.0 Å². The number of nitrogens with one attached hydrogen (secondary N) is 2. The van der Waals surface area contributed by atoms with Gasteiger partial charge < -0.3 is 14.2 Å². The molecule has 10 heteroatoms. The molecule has 0 radical (unpaired) electrons. The molecule has 0 atom stereocenters. The van der Waals surface area contributed by atoms with E-state index in [2.05, 4.69) is 14.9 Å². The van der Waals surface area contributed by atoms with Gasteiger partial charge >= 0.3 is 0 Å². The van der Waals surface area contributed by atoms with E-state index in [0.29, 0.717) is 24.2 Å². The van der Waals surface area contributed by atoms with Crippen molar-refractivity contribution in [3.63, 3.8) is 0 Å². The molecular weight excluding hydrogens is 382 g/mol. The first-order valence-electron chi connectivity index (χ1n) is 9.37. The van der Waals surface area contributed by atoms with Gasteiger partial charge in [-0.25, -0.2) is 13.1 Å². The molecule has 154 valence electrons. The predicted molar refractivity (Wildman–Crippen MR) is 105 cm³/mol. The summed E-state index contributed by atoms with van der Waals surface area (Å²) in [5, 5.41) is 6.74. The number of rotatable bonds is 8. The number of carbonyl (C=O) groups excluding carboxylic acids is 1. The number of carbonyl (C=O) groups is 1. The van der Waals surface area contributed by atoms with Crippen molar-refractivity contribution < 1.29 is 17.6 Å². The number of furan rings is 1. The normalized spacial score (nSPS) is 14.9. The van der Waals surface area contributed by atoms with E-state index in [9.17, 15) is 13.2 Å². The van der Waals surface area contributed by atoms with Crippen LogP contribution in [0.15, 0.2) is 21.6 Å². The summed E-state index contributed by atoms with van der Waals surface area (Å²) in [5.74, 6) is 0.428. The Bertz CT molecular complexity index is 926. The second kappa shape index (κ2) is 8.46. The third-order valence-corrected chi connectivity index (χ3v) is 6.31. The molecule has 1 aliphatic rings. The molecule has 1 aliphatic heterocycles. The zero-order valence-electron chi connectivity index (χ0n) is 16.5. The van der Waals surface area contributed by atoms with Crippen molar-refractivity contribution in [2.24, 2.45) is 0 Å². The smallest absolute Gasteiger partial charge is 0.257 e. The molecular formula is C18H27N5O4S. The largest absolute Gasteiger partial charge is 0.458 e. The van der Waals surface area contributed by atoms with Crippen LogP contribution in [0.2, 0.25) is 0 Å². The van der Waals surface area contributed by atoms with E-state index in [1.54, 1.807) is 11.8 Å². The molecule has 1 amide bonds. The lowest BCUT2D eigenvalue weighted by Gasteiger charge is -2.14. The molecule has 2 aromatic heterocycles. The fraction of sp³-hybridized carbons (Fsp3) is 0.556. The number of nitrogens with zero attached hydrogens (tertiary/aromatic N) is 3. The standard InChI is InChI=1S/C18H27N5O4S/c1-13-16(28(25,26)20-7-6-8-22(2)3)11-15(27-13)17-14(12-19-21-17)18(24)23-9-4-5-10-23/h11-12,20H,4-10H2,1-3H3,(H,19,21). The SMILES string of the molecule is Cc1oc(-c2[nH]ncc2C(=O)N2CCCC2)cc1S(=O)(=O)NCCCN(C)C. The number of likely N-dealkylation sites (tertiary alicyclic amines) is 1. The quantitative estimate of drug-likeness (QED) is 0.638. The minimum absolute atomic E-state index is 0.0709. The summed E-state index contributed by atoms with van der Waals surface area (Å²) >= 11 is 0. The molecule has 2 N–H and O–H groups in total. The monoisotopic (exact) mass is 409 g/mol. The fourth-order valence-electron chi connectivity index (χ4n) is 3.26. The van der Waals surface area contributed by atoms with E-state index in [-0.39, 0.29) is 22.3 Å². The van der Waals surface area contributed by atoms with Crippen LogP contribution in [0.1, 0.15) is 35.4 Å². The van der Waals surface area contributed by atoms with Gasteiger partial charge in [0.1, 0.15) is 16.3 Å². The summed E-state index contributed by atoms with van der Waals surface area (Å²) in [6, 6.07) is 1.44. The minimum atomic E-state index is -3.70. The lowest BCUT2D eigenvalue weighted by atomic mass is 10.2. The van der Waals surface area contributed by atoms with E-state index in [1.165, 1.54) is 12.3 Å². The van der Waals surface area contributed by atoms with Crippen molar-refractivity contribution in [1.82, 2.24) is 24.7 Å². The van der Waals surface area contributed by atoms with Crippen LogP contribution in [0.5, 0.6) is 0 Å². The van der Waals surface area contributed by atoms with Crippen molar-refractivity contribution in [3.05, 3.63) is 23.6 Å². The van der Waals surface area contributed by atoms with Crippen LogP contribution in [0, 0.1) is 6.92 Å². The molecule has 0 unspecified atom stereocenters. The molecule has 3 heterocycles. The van der Waals surface area contributed by atoms with Gasteiger partial charge in [0.15, 0.2) is 5.76 Å². The van der Waals surface area contributed by atoms with Crippen LogP contribution in [-0.4, -0.2) is 74.6 Å². The Morgan fingerprint density at radius 3 is 2.75 bits per heavy atom. The molecule has 2 aromatic rings. The summed E-state index contributed by atoms with van der Waals surface area (Å²) in [5.41, 5.74) is 0.785. The van der Waals surface area contributed by atoms with Crippen molar-refractivity contribution in [2.75, 3.05) is 40.3 Å². The Balaban J connectivity index is 1.79. The molecule has 0 saturated carbocycles. The van der Waals surface area contributed by atoms with Crippen molar-refractivity contribution in [3.8, 4) is 11.5 Å². The first kappa shape index (κ1) is 20.6. The van der Waals surface area contributed by atoms with Crippen LogP contribution in [0.3, 0.4) is 0 Å². The second-order valence-electron chi connectivity index (χ2n) is 7.24. The van der Waals surface area contributed by atoms with Crippen molar-refractivity contribution in [1.29, 1.82) is 0 Å². The highest BCUT2D eigenvalue weighted by Gasteiger charge is 2.27. The van der Waals surface area contributed by atoms with Gasteiger partial charge in [0.25, 0.3) is 5.91 Å². The first-order chi connectivity index (χ1) is 13.3. The van der Waals surface area contributed by atoms with E-state index in [1.807, 2.05) is 19.0 Å². The minimum Gasteiger partial charge on any atom is -0.458 e. The van der Waals surface area contributed by atoms with Gasteiger partial charge in [0.05, 0.1) is 11.8 Å². The number of H-pyrrole nitrogens is 1. The van der Waals surface area contributed by atoms with Gasteiger partial charge in [-0.15, -0.1) is 0 Å². The van der Waals surface area contributed by atoms with Crippen LogP contribution in [0.25, 0.3) is 11.5 Å². The number of hydrogen-bond donors (Lipinski definition) is 2. The zero-order valence-corrected chi connectivity index (χ0v) is 17.3. The van der Waals surface area contributed by atoms with E-state index < -0.39 is 10.0 Å². The highest BCUT2D eigenvalue weighted by molar-refractivity contribution is 7.89. The van der Waals surface area contributed by atoms with Gasteiger partial charge in [-0.3, -0.25) is 9.89 Å². The fourth-order valence-corrected chi connectivity index (χ4v) is 4.51. The Morgan fingerprint density at radius 1 is 1.36 bits per heavy atom. The lowest BCUT2D eigenvalue weighted by Crippen LogP contribution is -2.27. The molecule has 0 aliphatic carbocycles.